The molecule has 0 spiro atoms. The molecule has 14 heavy (non-hydrogen) atoms. The number of halogens is 2. The first-order valence-corrected chi connectivity index (χ1v) is 4.63. The van der Waals surface area contributed by atoms with Crippen molar-refractivity contribution in [3.63, 3.8) is 0 Å². The van der Waals surface area contributed by atoms with E-state index in [-0.39, 0.29) is 19.0 Å². The van der Waals surface area contributed by atoms with Crippen LogP contribution in [0.5, 0.6) is 0 Å². The molecule has 6 heteroatoms. The van der Waals surface area contributed by atoms with Gasteiger partial charge < -0.3 is 14.9 Å². The van der Waals surface area contributed by atoms with E-state index in [9.17, 15) is 4.79 Å². The molecule has 80 valence electrons. The first-order chi connectivity index (χ1) is 6.19. The summed E-state index contributed by atoms with van der Waals surface area (Å²) in [5.74, 6) is 0.0303. The Morgan fingerprint density at radius 1 is 1.71 bits per heavy atom. The van der Waals surface area contributed by atoms with Gasteiger partial charge in [0.25, 0.3) is 0 Å². The SMILES string of the molecule is CCOC(=O)c1cc(Br)oc1CN.Cl. The van der Waals surface area contributed by atoms with Crippen LogP contribution >= 0.6 is 28.3 Å². The minimum absolute atomic E-state index is 0. The van der Waals surface area contributed by atoms with Crippen LogP contribution in [0.1, 0.15) is 23.0 Å². The van der Waals surface area contributed by atoms with Gasteiger partial charge in [-0.3, -0.25) is 0 Å². The summed E-state index contributed by atoms with van der Waals surface area (Å²) < 4.78 is 10.4. The monoisotopic (exact) mass is 283 g/mol. The molecule has 4 nitrogen and oxygen atoms in total. The quantitative estimate of drug-likeness (QED) is 0.863. The van der Waals surface area contributed by atoms with Crippen molar-refractivity contribution in [3.05, 3.63) is 22.1 Å². The summed E-state index contributed by atoms with van der Waals surface area (Å²) in [6, 6.07) is 1.56. The summed E-state index contributed by atoms with van der Waals surface area (Å²) in [5.41, 5.74) is 5.76. The van der Waals surface area contributed by atoms with Gasteiger partial charge in [-0.05, 0) is 22.9 Å². The molecule has 1 aromatic heterocycles. The van der Waals surface area contributed by atoms with Crippen LogP contribution in [-0.4, -0.2) is 12.6 Å². The number of rotatable bonds is 3. The first kappa shape index (κ1) is 13.5. The van der Waals surface area contributed by atoms with Gasteiger partial charge in [-0.2, -0.15) is 0 Å². The second-order valence-corrected chi connectivity index (χ2v) is 3.09. The Balaban J connectivity index is 0.00000169. The highest BCUT2D eigenvalue weighted by atomic mass is 79.9. The lowest BCUT2D eigenvalue weighted by Gasteiger charge is -1.99. The van der Waals surface area contributed by atoms with Crippen LogP contribution in [0.4, 0.5) is 0 Å². The van der Waals surface area contributed by atoms with E-state index < -0.39 is 5.97 Å². The minimum Gasteiger partial charge on any atom is -0.462 e. The molecule has 0 aliphatic carbocycles. The van der Waals surface area contributed by atoms with Crippen molar-refractivity contribution < 1.29 is 13.9 Å². The van der Waals surface area contributed by atoms with E-state index in [1.807, 2.05) is 0 Å². The molecule has 0 aromatic carbocycles. The smallest absolute Gasteiger partial charge is 0.341 e. The second kappa shape index (κ2) is 6.06. The van der Waals surface area contributed by atoms with Crippen LogP contribution in [0, 0.1) is 0 Å². The molecule has 1 aromatic rings. The lowest BCUT2D eigenvalue weighted by molar-refractivity contribution is 0.0524. The zero-order chi connectivity index (χ0) is 9.84. The second-order valence-electron chi connectivity index (χ2n) is 2.31. The lowest BCUT2D eigenvalue weighted by atomic mass is 10.2. The highest BCUT2D eigenvalue weighted by molar-refractivity contribution is 9.10. The summed E-state index contributed by atoms with van der Waals surface area (Å²) in [7, 11) is 0. The fraction of sp³-hybridized carbons (Fsp3) is 0.375. The van der Waals surface area contributed by atoms with Gasteiger partial charge in [0.05, 0.1) is 13.2 Å². The van der Waals surface area contributed by atoms with Gasteiger partial charge in [0.2, 0.25) is 0 Å². The number of nitrogens with two attached hydrogens (primary N) is 1. The molecule has 1 rings (SSSR count). The fourth-order valence-corrected chi connectivity index (χ4v) is 1.35. The summed E-state index contributed by atoms with van der Waals surface area (Å²) in [5, 5.41) is 0. The Morgan fingerprint density at radius 2 is 2.36 bits per heavy atom. The molecule has 0 bridgehead atoms. The van der Waals surface area contributed by atoms with Gasteiger partial charge in [-0.25, -0.2) is 4.79 Å². The van der Waals surface area contributed by atoms with E-state index in [1.165, 1.54) is 0 Å². The van der Waals surface area contributed by atoms with Gasteiger partial charge >= 0.3 is 5.97 Å². The molecule has 0 saturated heterocycles. The third kappa shape index (κ3) is 3.01. The Kier molecular flexibility index (Phi) is 5.83. The number of hydrogen-bond donors (Lipinski definition) is 1. The predicted molar refractivity (Wildman–Crippen MR) is 57.5 cm³/mol. The zero-order valence-corrected chi connectivity index (χ0v) is 9.98. The normalized spacial score (nSPS) is 9.36. The van der Waals surface area contributed by atoms with Crippen molar-refractivity contribution in [3.8, 4) is 0 Å². The van der Waals surface area contributed by atoms with E-state index in [0.717, 1.165) is 0 Å². The van der Waals surface area contributed by atoms with E-state index in [1.54, 1.807) is 13.0 Å². The van der Waals surface area contributed by atoms with Crippen LogP contribution in [0.3, 0.4) is 0 Å². The van der Waals surface area contributed by atoms with Crippen molar-refractivity contribution in [2.24, 2.45) is 5.73 Å². The molecule has 0 unspecified atom stereocenters. The molecule has 0 aliphatic rings. The molecule has 0 radical (unpaired) electrons. The molecule has 0 saturated carbocycles. The van der Waals surface area contributed by atoms with Gasteiger partial charge in [0.15, 0.2) is 4.67 Å². The van der Waals surface area contributed by atoms with Crippen LogP contribution in [0.2, 0.25) is 0 Å². The predicted octanol–water partition coefficient (Wildman–Crippen LogP) is 2.10. The van der Waals surface area contributed by atoms with Crippen molar-refractivity contribution >= 4 is 34.3 Å². The topological polar surface area (TPSA) is 65.5 Å². The van der Waals surface area contributed by atoms with Gasteiger partial charge in [0, 0.05) is 6.07 Å². The van der Waals surface area contributed by atoms with Gasteiger partial charge in [-0.1, -0.05) is 0 Å². The Morgan fingerprint density at radius 3 is 2.86 bits per heavy atom. The molecular weight excluding hydrogens is 273 g/mol. The van der Waals surface area contributed by atoms with E-state index in [2.05, 4.69) is 15.9 Å². The number of furan rings is 1. The largest absolute Gasteiger partial charge is 0.462 e. The van der Waals surface area contributed by atoms with E-state index in [4.69, 9.17) is 14.9 Å². The number of carbonyl (C=O) groups is 1. The number of esters is 1. The van der Waals surface area contributed by atoms with Crippen LogP contribution in [0.25, 0.3) is 0 Å². The Bertz CT molecular complexity index is 314. The maximum Gasteiger partial charge on any atom is 0.341 e. The third-order valence-corrected chi connectivity index (χ3v) is 1.85. The molecule has 0 aliphatic heterocycles. The molecule has 2 N–H and O–H groups in total. The average molecular weight is 285 g/mol. The van der Waals surface area contributed by atoms with Crippen molar-refractivity contribution in [2.45, 2.75) is 13.5 Å². The standard InChI is InChI=1S/C8H10BrNO3.ClH/c1-2-12-8(11)5-3-7(9)13-6(5)4-10;/h3H,2,4,10H2,1H3;1H. The maximum absolute atomic E-state index is 11.3. The third-order valence-electron chi connectivity index (χ3n) is 1.46. The summed E-state index contributed by atoms with van der Waals surface area (Å²) in [6.07, 6.45) is 0. The fourth-order valence-electron chi connectivity index (χ4n) is 0.929. The summed E-state index contributed by atoms with van der Waals surface area (Å²) in [6.45, 7) is 2.26. The van der Waals surface area contributed by atoms with Gasteiger partial charge in [-0.15, -0.1) is 12.4 Å². The molecular formula is C8H11BrClNO3. The maximum atomic E-state index is 11.3. The van der Waals surface area contributed by atoms with E-state index >= 15 is 0 Å². The minimum atomic E-state index is -0.405. The molecule has 0 amide bonds. The van der Waals surface area contributed by atoms with Crippen molar-refractivity contribution in [1.29, 1.82) is 0 Å². The van der Waals surface area contributed by atoms with Crippen LogP contribution in [-0.2, 0) is 11.3 Å². The van der Waals surface area contributed by atoms with Crippen LogP contribution < -0.4 is 5.73 Å². The molecule has 1 heterocycles. The number of ether oxygens (including phenoxy) is 1. The Hall–Kier alpha value is -0.520. The van der Waals surface area contributed by atoms with Crippen molar-refractivity contribution in [1.82, 2.24) is 0 Å². The average Bonchev–Trinajstić information content (AvgIpc) is 2.47. The zero-order valence-electron chi connectivity index (χ0n) is 7.58. The van der Waals surface area contributed by atoms with Gasteiger partial charge in [0.1, 0.15) is 11.3 Å². The highest BCUT2D eigenvalue weighted by Gasteiger charge is 2.16. The summed E-state index contributed by atoms with van der Waals surface area (Å²) in [4.78, 5) is 11.3. The first-order valence-electron chi connectivity index (χ1n) is 3.84. The number of hydrogen-bond acceptors (Lipinski definition) is 4. The number of carbonyl (C=O) groups excluding carboxylic acids is 1. The highest BCUT2D eigenvalue weighted by Crippen LogP contribution is 2.20. The van der Waals surface area contributed by atoms with Crippen molar-refractivity contribution in [2.75, 3.05) is 6.61 Å². The molecule has 0 fully saturated rings. The Labute approximate surface area is 96.3 Å². The van der Waals surface area contributed by atoms with Crippen LogP contribution in [0.15, 0.2) is 15.2 Å². The van der Waals surface area contributed by atoms with E-state index in [0.29, 0.717) is 22.6 Å². The summed E-state index contributed by atoms with van der Waals surface area (Å²) >= 11 is 3.11. The molecule has 0 atom stereocenters. The lowest BCUT2D eigenvalue weighted by Crippen LogP contribution is -2.08.